The van der Waals surface area contributed by atoms with E-state index >= 15 is 0 Å². The van der Waals surface area contributed by atoms with Crippen molar-refractivity contribution < 1.29 is 9.21 Å². The van der Waals surface area contributed by atoms with E-state index in [0.29, 0.717) is 11.7 Å². The van der Waals surface area contributed by atoms with Crippen LogP contribution in [0.5, 0.6) is 0 Å². The second-order valence-corrected chi connectivity index (χ2v) is 3.62. The SMILES string of the molecule is CC(=O)c1cnc(C2CCCCN2)o1. The second kappa shape index (κ2) is 3.92. The van der Waals surface area contributed by atoms with E-state index in [9.17, 15) is 4.79 Å². The van der Waals surface area contributed by atoms with Crippen LogP contribution in [-0.2, 0) is 0 Å². The molecule has 1 aromatic rings. The van der Waals surface area contributed by atoms with Gasteiger partial charge in [-0.25, -0.2) is 4.98 Å². The molecule has 0 bridgehead atoms. The molecule has 1 aliphatic rings. The summed E-state index contributed by atoms with van der Waals surface area (Å²) in [6, 6.07) is 0.192. The first-order chi connectivity index (χ1) is 6.77. The first kappa shape index (κ1) is 9.40. The highest BCUT2D eigenvalue weighted by atomic mass is 16.4. The molecule has 1 saturated heterocycles. The van der Waals surface area contributed by atoms with Crippen LogP contribution in [0.1, 0.15) is 48.7 Å². The minimum atomic E-state index is -0.0699. The molecule has 0 amide bonds. The topological polar surface area (TPSA) is 55.1 Å². The maximum Gasteiger partial charge on any atom is 0.212 e. The van der Waals surface area contributed by atoms with Crippen LogP contribution in [0.25, 0.3) is 0 Å². The van der Waals surface area contributed by atoms with Gasteiger partial charge in [-0.2, -0.15) is 0 Å². The van der Waals surface area contributed by atoms with Gasteiger partial charge < -0.3 is 9.73 Å². The number of aromatic nitrogens is 1. The van der Waals surface area contributed by atoms with Gasteiger partial charge >= 0.3 is 0 Å². The average Bonchev–Trinajstić information content (AvgIpc) is 2.68. The Morgan fingerprint density at radius 2 is 2.50 bits per heavy atom. The molecule has 1 unspecified atom stereocenters. The molecule has 0 saturated carbocycles. The molecule has 1 aromatic heterocycles. The smallest absolute Gasteiger partial charge is 0.212 e. The standard InChI is InChI=1S/C10H14N2O2/c1-7(13)9-6-12-10(14-9)8-4-2-3-5-11-8/h6,8,11H,2-5H2,1H3. The molecule has 14 heavy (non-hydrogen) atoms. The lowest BCUT2D eigenvalue weighted by Gasteiger charge is -2.20. The molecule has 4 nitrogen and oxygen atoms in total. The number of hydrogen-bond donors (Lipinski definition) is 1. The molecule has 4 heteroatoms. The van der Waals surface area contributed by atoms with Gasteiger partial charge in [-0.15, -0.1) is 0 Å². The van der Waals surface area contributed by atoms with Gasteiger partial charge in [-0.3, -0.25) is 4.79 Å². The monoisotopic (exact) mass is 194 g/mol. The van der Waals surface area contributed by atoms with Gasteiger partial charge in [0.25, 0.3) is 0 Å². The van der Waals surface area contributed by atoms with Crippen LogP contribution in [0, 0.1) is 0 Å². The molecule has 0 spiro atoms. The maximum atomic E-state index is 11.0. The Morgan fingerprint density at radius 1 is 1.64 bits per heavy atom. The third-order valence-corrected chi connectivity index (χ3v) is 2.48. The summed E-state index contributed by atoms with van der Waals surface area (Å²) in [6.07, 6.45) is 4.94. The van der Waals surface area contributed by atoms with Gasteiger partial charge in [-0.1, -0.05) is 6.42 Å². The maximum absolute atomic E-state index is 11.0. The predicted octanol–water partition coefficient (Wildman–Crippen LogP) is 1.69. The van der Waals surface area contributed by atoms with E-state index < -0.39 is 0 Å². The minimum Gasteiger partial charge on any atom is -0.436 e. The van der Waals surface area contributed by atoms with Crippen LogP contribution >= 0.6 is 0 Å². The highest BCUT2D eigenvalue weighted by Crippen LogP contribution is 2.22. The molecule has 1 atom stereocenters. The second-order valence-electron chi connectivity index (χ2n) is 3.62. The normalized spacial score (nSPS) is 22.2. The molecular formula is C10H14N2O2. The van der Waals surface area contributed by atoms with Gasteiger partial charge in [0.15, 0.2) is 11.5 Å². The van der Waals surface area contributed by atoms with Crippen molar-refractivity contribution in [1.29, 1.82) is 0 Å². The first-order valence-electron chi connectivity index (χ1n) is 4.97. The Morgan fingerprint density at radius 3 is 3.07 bits per heavy atom. The molecule has 1 fully saturated rings. The summed E-state index contributed by atoms with van der Waals surface area (Å²) in [4.78, 5) is 15.1. The largest absolute Gasteiger partial charge is 0.436 e. The van der Waals surface area contributed by atoms with Crippen LogP contribution in [0.15, 0.2) is 10.6 Å². The van der Waals surface area contributed by atoms with Gasteiger partial charge in [0, 0.05) is 6.92 Å². The first-order valence-corrected chi connectivity index (χ1v) is 4.97. The fourth-order valence-corrected chi connectivity index (χ4v) is 1.67. The third-order valence-electron chi connectivity index (χ3n) is 2.48. The number of Topliss-reactive ketones (excluding diaryl/α,β-unsaturated/α-hetero) is 1. The zero-order valence-electron chi connectivity index (χ0n) is 8.25. The van der Waals surface area contributed by atoms with Crippen LogP contribution in [-0.4, -0.2) is 17.3 Å². The summed E-state index contributed by atoms with van der Waals surface area (Å²) >= 11 is 0. The fraction of sp³-hybridized carbons (Fsp3) is 0.600. The van der Waals surface area contributed by atoms with E-state index in [1.807, 2.05) is 0 Å². The van der Waals surface area contributed by atoms with E-state index in [0.717, 1.165) is 13.0 Å². The number of oxazole rings is 1. The van der Waals surface area contributed by atoms with Crippen molar-refractivity contribution in [2.24, 2.45) is 0 Å². The van der Waals surface area contributed by atoms with Gasteiger partial charge in [0.2, 0.25) is 5.89 Å². The van der Waals surface area contributed by atoms with E-state index in [-0.39, 0.29) is 11.8 Å². The number of carbonyl (C=O) groups excluding carboxylic acids is 1. The number of hydrogen-bond acceptors (Lipinski definition) is 4. The highest BCUT2D eigenvalue weighted by Gasteiger charge is 2.20. The Kier molecular flexibility index (Phi) is 2.63. The summed E-state index contributed by atoms with van der Waals surface area (Å²) in [7, 11) is 0. The average molecular weight is 194 g/mol. The number of carbonyl (C=O) groups is 1. The van der Waals surface area contributed by atoms with Gasteiger partial charge in [-0.05, 0) is 19.4 Å². The molecule has 0 aromatic carbocycles. The molecule has 1 aliphatic heterocycles. The van der Waals surface area contributed by atoms with Crippen LogP contribution in [0.3, 0.4) is 0 Å². The molecular weight excluding hydrogens is 180 g/mol. The third kappa shape index (κ3) is 1.85. The molecule has 76 valence electrons. The lowest BCUT2D eigenvalue weighted by atomic mass is 10.1. The number of ketones is 1. The van der Waals surface area contributed by atoms with Crippen molar-refractivity contribution >= 4 is 5.78 Å². The number of piperidine rings is 1. The quantitative estimate of drug-likeness (QED) is 0.728. The number of nitrogens with one attached hydrogen (secondary N) is 1. The summed E-state index contributed by atoms with van der Waals surface area (Å²) in [5, 5.41) is 3.32. The lowest BCUT2D eigenvalue weighted by molar-refractivity contribution is 0.0984. The zero-order valence-corrected chi connectivity index (χ0v) is 8.25. The summed E-state index contributed by atoms with van der Waals surface area (Å²) < 4.78 is 5.36. The van der Waals surface area contributed by atoms with E-state index in [1.165, 1.54) is 26.0 Å². The zero-order chi connectivity index (χ0) is 9.97. The van der Waals surface area contributed by atoms with Gasteiger partial charge in [0.05, 0.1) is 12.2 Å². The molecule has 0 aliphatic carbocycles. The molecule has 1 N–H and O–H groups in total. The Labute approximate surface area is 82.7 Å². The van der Waals surface area contributed by atoms with Crippen molar-refractivity contribution in [1.82, 2.24) is 10.3 Å². The van der Waals surface area contributed by atoms with Crippen molar-refractivity contribution in [3.8, 4) is 0 Å². The molecule has 2 heterocycles. The summed E-state index contributed by atoms with van der Waals surface area (Å²) in [5.41, 5.74) is 0. The summed E-state index contributed by atoms with van der Waals surface area (Å²) in [6.45, 7) is 2.49. The van der Waals surface area contributed by atoms with Crippen LogP contribution in [0.4, 0.5) is 0 Å². The Bertz CT molecular complexity index is 327. The van der Waals surface area contributed by atoms with E-state index in [2.05, 4.69) is 10.3 Å². The van der Waals surface area contributed by atoms with Crippen molar-refractivity contribution in [3.05, 3.63) is 17.8 Å². The van der Waals surface area contributed by atoms with Gasteiger partial charge in [0.1, 0.15) is 0 Å². The Balaban J connectivity index is 2.11. The van der Waals surface area contributed by atoms with Crippen molar-refractivity contribution in [2.75, 3.05) is 6.54 Å². The van der Waals surface area contributed by atoms with Crippen LogP contribution in [0.2, 0.25) is 0 Å². The van der Waals surface area contributed by atoms with Crippen molar-refractivity contribution in [2.45, 2.75) is 32.2 Å². The lowest BCUT2D eigenvalue weighted by Crippen LogP contribution is -2.26. The minimum absolute atomic E-state index is 0.0699. The molecule has 0 radical (unpaired) electrons. The van der Waals surface area contributed by atoms with Crippen molar-refractivity contribution in [3.63, 3.8) is 0 Å². The van der Waals surface area contributed by atoms with E-state index in [1.54, 1.807) is 0 Å². The Hall–Kier alpha value is -1.16. The highest BCUT2D eigenvalue weighted by molar-refractivity contribution is 5.90. The van der Waals surface area contributed by atoms with E-state index in [4.69, 9.17) is 4.42 Å². The van der Waals surface area contributed by atoms with Crippen LogP contribution < -0.4 is 5.32 Å². The predicted molar refractivity (Wildman–Crippen MR) is 51.1 cm³/mol. The molecule has 2 rings (SSSR count). The number of nitrogens with zero attached hydrogens (tertiary/aromatic N) is 1. The fourth-order valence-electron chi connectivity index (χ4n) is 1.67. The summed E-state index contributed by atoms with van der Waals surface area (Å²) in [5.74, 6) is 0.932. The number of rotatable bonds is 2.